The van der Waals surface area contributed by atoms with Crippen molar-refractivity contribution >= 4 is 5.91 Å². The molecular weight excluding hydrogens is 252 g/mol. The van der Waals surface area contributed by atoms with Crippen molar-refractivity contribution in [3.05, 3.63) is 17.0 Å². The third-order valence-electron chi connectivity index (χ3n) is 4.20. The fourth-order valence-electron chi connectivity index (χ4n) is 2.77. The zero-order valence-corrected chi connectivity index (χ0v) is 12.4. The van der Waals surface area contributed by atoms with Crippen LogP contribution in [0.15, 0.2) is 0 Å². The Kier molecular flexibility index (Phi) is 3.78. The molecule has 1 aromatic heterocycles. The van der Waals surface area contributed by atoms with Gasteiger partial charge in [0.2, 0.25) is 0 Å². The summed E-state index contributed by atoms with van der Waals surface area (Å²) in [7, 11) is 0. The number of H-pyrrole nitrogens is 1. The zero-order valence-electron chi connectivity index (χ0n) is 12.4. The van der Waals surface area contributed by atoms with Gasteiger partial charge in [0.15, 0.2) is 5.69 Å². The van der Waals surface area contributed by atoms with Gasteiger partial charge in [-0.25, -0.2) is 0 Å². The molecule has 5 nitrogen and oxygen atoms in total. The van der Waals surface area contributed by atoms with Crippen molar-refractivity contribution in [2.24, 2.45) is 5.92 Å². The fourth-order valence-corrected chi connectivity index (χ4v) is 2.77. The molecule has 0 atom stereocenters. The Morgan fingerprint density at radius 1 is 1.45 bits per heavy atom. The summed E-state index contributed by atoms with van der Waals surface area (Å²) in [5, 5.41) is 10.7. The van der Waals surface area contributed by atoms with E-state index in [0.29, 0.717) is 17.7 Å². The first-order valence-electron chi connectivity index (χ1n) is 7.74. The van der Waals surface area contributed by atoms with Crippen LogP contribution in [0, 0.1) is 5.92 Å². The number of carbonyl (C=O) groups is 1. The number of nitrogens with zero attached hydrogens (tertiary/aromatic N) is 2. The SMILES string of the molecule is CC(C)CCN(C(=O)c1n[nH]c2c1CNCC2)C1CC1. The number of aromatic amines is 1. The Labute approximate surface area is 120 Å². The lowest BCUT2D eigenvalue weighted by atomic mass is 10.1. The lowest BCUT2D eigenvalue weighted by molar-refractivity contribution is 0.0728. The molecule has 0 saturated heterocycles. The van der Waals surface area contributed by atoms with Gasteiger partial charge in [0, 0.05) is 43.4 Å². The average Bonchev–Trinajstić information content (AvgIpc) is 3.17. The predicted octanol–water partition coefficient (Wildman–Crippen LogP) is 1.71. The Morgan fingerprint density at radius 2 is 2.25 bits per heavy atom. The predicted molar refractivity (Wildman–Crippen MR) is 77.5 cm³/mol. The number of nitrogens with one attached hydrogen (secondary N) is 2. The molecule has 2 heterocycles. The third kappa shape index (κ3) is 2.73. The highest BCUT2D eigenvalue weighted by molar-refractivity contribution is 5.94. The Balaban J connectivity index is 1.77. The molecule has 0 spiro atoms. The third-order valence-corrected chi connectivity index (χ3v) is 4.20. The lowest BCUT2D eigenvalue weighted by Gasteiger charge is -2.23. The highest BCUT2D eigenvalue weighted by atomic mass is 16.2. The first kappa shape index (κ1) is 13.6. The van der Waals surface area contributed by atoms with Gasteiger partial charge in [0.05, 0.1) is 0 Å². The van der Waals surface area contributed by atoms with Gasteiger partial charge in [0.25, 0.3) is 5.91 Å². The van der Waals surface area contributed by atoms with Gasteiger partial charge < -0.3 is 10.2 Å². The molecule has 1 saturated carbocycles. The Hall–Kier alpha value is -1.36. The molecule has 1 aromatic rings. The van der Waals surface area contributed by atoms with Crippen LogP contribution in [0.3, 0.4) is 0 Å². The molecule has 1 amide bonds. The maximum atomic E-state index is 12.8. The van der Waals surface area contributed by atoms with Gasteiger partial charge >= 0.3 is 0 Å². The van der Waals surface area contributed by atoms with Gasteiger partial charge in [-0.15, -0.1) is 0 Å². The van der Waals surface area contributed by atoms with Crippen LogP contribution in [0.4, 0.5) is 0 Å². The van der Waals surface area contributed by atoms with Crippen molar-refractivity contribution in [2.45, 2.75) is 52.1 Å². The summed E-state index contributed by atoms with van der Waals surface area (Å²) in [5.41, 5.74) is 2.85. The number of aromatic nitrogens is 2. The maximum Gasteiger partial charge on any atom is 0.274 e. The summed E-state index contributed by atoms with van der Waals surface area (Å²) in [6, 6.07) is 0.449. The molecule has 20 heavy (non-hydrogen) atoms. The largest absolute Gasteiger partial charge is 0.334 e. The van der Waals surface area contributed by atoms with Crippen molar-refractivity contribution in [1.82, 2.24) is 20.4 Å². The number of carbonyl (C=O) groups excluding carboxylic acids is 1. The van der Waals surface area contributed by atoms with Gasteiger partial charge in [-0.1, -0.05) is 13.8 Å². The van der Waals surface area contributed by atoms with Crippen LogP contribution < -0.4 is 5.32 Å². The van der Waals surface area contributed by atoms with E-state index in [1.165, 1.54) is 0 Å². The van der Waals surface area contributed by atoms with Crippen molar-refractivity contribution in [2.75, 3.05) is 13.1 Å². The molecule has 3 rings (SSSR count). The molecular formula is C15H24N4O. The van der Waals surface area contributed by atoms with E-state index in [9.17, 15) is 4.79 Å². The number of amides is 1. The normalized spacial score (nSPS) is 18.1. The fraction of sp³-hybridized carbons (Fsp3) is 0.733. The van der Waals surface area contributed by atoms with Crippen LogP contribution >= 0.6 is 0 Å². The van der Waals surface area contributed by atoms with Crippen LogP contribution in [0.2, 0.25) is 0 Å². The highest BCUT2D eigenvalue weighted by Crippen LogP contribution is 2.29. The van der Waals surface area contributed by atoms with Crippen LogP contribution in [0.1, 0.15) is 54.9 Å². The molecule has 1 fully saturated rings. The monoisotopic (exact) mass is 276 g/mol. The van der Waals surface area contributed by atoms with E-state index in [1.807, 2.05) is 4.90 Å². The summed E-state index contributed by atoms with van der Waals surface area (Å²) < 4.78 is 0. The molecule has 0 aromatic carbocycles. The zero-order chi connectivity index (χ0) is 14.1. The van der Waals surface area contributed by atoms with Crippen molar-refractivity contribution in [3.63, 3.8) is 0 Å². The second-order valence-electron chi connectivity index (χ2n) is 6.37. The van der Waals surface area contributed by atoms with Crippen LogP contribution in [0.5, 0.6) is 0 Å². The van der Waals surface area contributed by atoms with Gasteiger partial charge in [-0.2, -0.15) is 5.10 Å². The van der Waals surface area contributed by atoms with Gasteiger partial charge in [-0.05, 0) is 25.2 Å². The molecule has 2 aliphatic rings. The van der Waals surface area contributed by atoms with Gasteiger partial charge in [0.1, 0.15) is 0 Å². The first-order chi connectivity index (χ1) is 9.66. The molecule has 110 valence electrons. The maximum absolute atomic E-state index is 12.8. The van der Waals surface area contributed by atoms with Crippen molar-refractivity contribution in [3.8, 4) is 0 Å². The first-order valence-corrected chi connectivity index (χ1v) is 7.74. The number of hydrogen-bond acceptors (Lipinski definition) is 3. The van der Waals surface area contributed by atoms with Crippen LogP contribution in [0.25, 0.3) is 0 Å². The summed E-state index contributed by atoms with van der Waals surface area (Å²) in [6.07, 6.45) is 4.29. The minimum absolute atomic E-state index is 0.120. The molecule has 0 bridgehead atoms. The Morgan fingerprint density at radius 3 is 2.95 bits per heavy atom. The van der Waals surface area contributed by atoms with Crippen molar-refractivity contribution < 1.29 is 4.79 Å². The second-order valence-corrected chi connectivity index (χ2v) is 6.37. The molecule has 0 radical (unpaired) electrons. The minimum Gasteiger partial charge on any atom is -0.334 e. The summed E-state index contributed by atoms with van der Waals surface area (Å²) >= 11 is 0. The average molecular weight is 276 g/mol. The summed E-state index contributed by atoms with van der Waals surface area (Å²) in [6.45, 7) is 6.99. The van der Waals surface area contributed by atoms with E-state index >= 15 is 0 Å². The summed E-state index contributed by atoms with van der Waals surface area (Å²) in [5.74, 6) is 0.744. The minimum atomic E-state index is 0.120. The van der Waals surface area contributed by atoms with E-state index in [1.54, 1.807) is 0 Å². The Bertz CT molecular complexity index is 490. The quantitative estimate of drug-likeness (QED) is 0.860. The van der Waals surface area contributed by atoms with Crippen LogP contribution in [-0.2, 0) is 13.0 Å². The lowest BCUT2D eigenvalue weighted by Crippen LogP contribution is -2.36. The van der Waals surface area contributed by atoms with Gasteiger partial charge in [-0.3, -0.25) is 9.89 Å². The number of hydrogen-bond donors (Lipinski definition) is 2. The van der Waals surface area contributed by atoms with E-state index in [4.69, 9.17) is 0 Å². The van der Waals surface area contributed by atoms with Crippen molar-refractivity contribution in [1.29, 1.82) is 0 Å². The number of rotatable bonds is 5. The van der Waals surface area contributed by atoms with E-state index in [-0.39, 0.29) is 5.91 Å². The molecule has 0 unspecified atom stereocenters. The van der Waals surface area contributed by atoms with E-state index in [2.05, 4.69) is 29.4 Å². The summed E-state index contributed by atoms with van der Waals surface area (Å²) in [4.78, 5) is 14.8. The van der Waals surface area contributed by atoms with Crippen LogP contribution in [-0.4, -0.2) is 40.1 Å². The smallest absolute Gasteiger partial charge is 0.274 e. The highest BCUT2D eigenvalue weighted by Gasteiger charge is 2.35. The topological polar surface area (TPSA) is 61.0 Å². The van der Waals surface area contributed by atoms with E-state index in [0.717, 1.165) is 56.6 Å². The van der Waals surface area contributed by atoms with E-state index < -0.39 is 0 Å². The molecule has 5 heteroatoms. The molecule has 1 aliphatic carbocycles. The molecule has 1 aliphatic heterocycles. The second kappa shape index (κ2) is 5.56. The standard InChI is InChI=1S/C15H24N4O/c1-10(2)6-8-19(11-3-4-11)15(20)14-12-9-16-7-5-13(12)17-18-14/h10-11,16H,3-9H2,1-2H3,(H,17,18). The number of fused-ring (bicyclic) bond motifs is 1. The molecule has 2 N–H and O–H groups in total.